The molecule has 0 amide bonds. The molecule has 1 unspecified atom stereocenters. The van der Waals surface area contributed by atoms with Gasteiger partial charge in [0.25, 0.3) is 0 Å². The SMILES string of the molecule is CC(=O)OCCOC(=O)CCCC1CCSS1. The fraction of sp³-hybridized carbons (Fsp3) is 0.818. The van der Waals surface area contributed by atoms with Crippen LogP contribution in [0.3, 0.4) is 0 Å². The van der Waals surface area contributed by atoms with Crippen molar-refractivity contribution in [3.05, 3.63) is 0 Å². The molecule has 1 fully saturated rings. The fourth-order valence-electron chi connectivity index (χ4n) is 1.45. The smallest absolute Gasteiger partial charge is 0.305 e. The van der Waals surface area contributed by atoms with Gasteiger partial charge in [-0.1, -0.05) is 21.6 Å². The van der Waals surface area contributed by atoms with E-state index in [2.05, 4.69) is 4.74 Å². The summed E-state index contributed by atoms with van der Waals surface area (Å²) in [6, 6.07) is 0. The van der Waals surface area contributed by atoms with Crippen LogP contribution in [0, 0.1) is 0 Å². The maximum Gasteiger partial charge on any atom is 0.305 e. The van der Waals surface area contributed by atoms with E-state index in [1.165, 1.54) is 19.1 Å². The van der Waals surface area contributed by atoms with Gasteiger partial charge in [0.2, 0.25) is 0 Å². The van der Waals surface area contributed by atoms with Crippen LogP contribution >= 0.6 is 21.6 Å². The maximum atomic E-state index is 11.3. The zero-order valence-corrected chi connectivity index (χ0v) is 11.6. The third-order valence-electron chi connectivity index (χ3n) is 2.29. The van der Waals surface area contributed by atoms with E-state index in [1.54, 1.807) is 0 Å². The molecule has 17 heavy (non-hydrogen) atoms. The monoisotopic (exact) mass is 278 g/mol. The molecule has 0 aromatic rings. The number of hydrogen-bond acceptors (Lipinski definition) is 6. The van der Waals surface area contributed by atoms with Gasteiger partial charge in [0, 0.05) is 24.3 Å². The normalized spacial score (nSPS) is 19.0. The molecule has 0 aromatic heterocycles. The Hall–Kier alpha value is -0.360. The maximum absolute atomic E-state index is 11.3. The first kappa shape index (κ1) is 14.7. The molecule has 1 rings (SSSR count). The molecule has 1 heterocycles. The lowest BCUT2D eigenvalue weighted by molar-refractivity contribution is -0.151. The van der Waals surface area contributed by atoms with Crippen molar-refractivity contribution in [2.24, 2.45) is 0 Å². The fourth-order valence-corrected chi connectivity index (χ4v) is 4.48. The first-order chi connectivity index (χ1) is 8.18. The van der Waals surface area contributed by atoms with Gasteiger partial charge in [-0.15, -0.1) is 0 Å². The highest BCUT2D eigenvalue weighted by molar-refractivity contribution is 8.77. The van der Waals surface area contributed by atoms with E-state index >= 15 is 0 Å². The van der Waals surface area contributed by atoms with Gasteiger partial charge in [0.1, 0.15) is 13.2 Å². The summed E-state index contributed by atoms with van der Waals surface area (Å²) in [5.41, 5.74) is 0. The van der Waals surface area contributed by atoms with Crippen molar-refractivity contribution < 1.29 is 19.1 Å². The first-order valence-electron chi connectivity index (χ1n) is 5.75. The molecule has 0 spiro atoms. The molecular formula is C11H18O4S2. The summed E-state index contributed by atoms with van der Waals surface area (Å²) >= 11 is 0. The van der Waals surface area contributed by atoms with Gasteiger partial charge in [0.15, 0.2) is 0 Å². The van der Waals surface area contributed by atoms with Gasteiger partial charge >= 0.3 is 11.9 Å². The number of esters is 2. The van der Waals surface area contributed by atoms with E-state index in [-0.39, 0.29) is 25.2 Å². The third-order valence-corrected chi connectivity index (χ3v) is 5.29. The Labute approximate surface area is 110 Å². The van der Waals surface area contributed by atoms with Crippen LogP contribution in [0.5, 0.6) is 0 Å². The van der Waals surface area contributed by atoms with Crippen molar-refractivity contribution in [3.8, 4) is 0 Å². The van der Waals surface area contributed by atoms with Gasteiger partial charge < -0.3 is 9.47 Å². The molecule has 0 aromatic carbocycles. The third kappa shape index (κ3) is 7.54. The van der Waals surface area contributed by atoms with Crippen molar-refractivity contribution in [1.82, 2.24) is 0 Å². The lowest BCUT2D eigenvalue weighted by Gasteiger charge is -2.07. The molecule has 98 valence electrons. The van der Waals surface area contributed by atoms with Gasteiger partial charge in [-0.25, -0.2) is 0 Å². The number of carbonyl (C=O) groups excluding carboxylic acids is 2. The number of rotatable bonds is 7. The molecular weight excluding hydrogens is 260 g/mol. The van der Waals surface area contributed by atoms with Crippen LogP contribution in [-0.2, 0) is 19.1 Å². The summed E-state index contributed by atoms with van der Waals surface area (Å²) in [6.45, 7) is 1.64. The molecule has 1 aliphatic heterocycles. The molecule has 0 bridgehead atoms. The Balaban J connectivity index is 1.91. The van der Waals surface area contributed by atoms with Crippen LogP contribution in [0.25, 0.3) is 0 Å². The van der Waals surface area contributed by atoms with Crippen molar-refractivity contribution in [2.45, 2.75) is 37.9 Å². The molecule has 0 saturated carbocycles. The van der Waals surface area contributed by atoms with Gasteiger partial charge in [0.05, 0.1) is 0 Å². The van der Waals surface area contributed by atoms with Crippen LogP contribution in [-0.4, -0.2) is 36.2 Å². The van der Waals surface area contributed by atoms with E-state index in [0.29, 0.717) is 11.7 Å². The average molecular weight is 278 g/mol. The number of carbonyl (C=O) groups is 2. The highest BCUT2D eigenvalue weighted by Gasteiger charge is 2.16. The van der Waals surface area contributed by atoms with Gasteiger partial charge in [-0.3, -0.25) is 9.59 Å². The quantitative estimate of drug-likeness (QED) is 0.405. The van der Waals surface area contributed by atoms with E-state index in [1.807, 2.05) is 21.6 Å². The standard InChI is InChI=1S/C11H18O4S2/c1-9(12)14-6-7-15-11(13)4-2-3-10-5-8-16-17-10/h10H,2-8H2,1H3. The van der Waals surface area contributed by atoms with Crippen molar-refractivity contribution in [2.75, 3.05) is 19.0 Å². The lowest BCUT2D eigenvalue weighted by atomic mass is 10.1. The highest BCUT2D eigenvalue weighted by Crippen LogP contribution is 2.39. The molecule has 0 N–H and O–H groups in total. The Morgan fingerprint density at radius 3 is 2.71 bits per heavy atom. The van der Waals surface area contributed by atoms with Gasteiger partial charge in [-0.2, -0.15) is 0 Å². The zero-order valence-electron chi connectivity index (χ0n) is 9.98. The molecule has 1 aliphatic rings. The van der Waals surface area contributed by atoms with Crippen molar-refractivity contribution in [3.63, 3.8) is 0 Å². The van der Waals surface area contributed by atoms with Crippen LogP contribution in [0.15, 0.2) is 0 Å². The van der Waals surface area contributed by atoms with Crippen LogP contribution in [0.4, 0.5) is 0 Å². The topological polar surface area (TPSA) is 52.6 Å². The summed E-state index contributed by atoms with van der Waals surface area (Å²) in [6.07, 6.45) is 3.67. The first-order valence-corrected chi connectivity index (χ1v) is 8.14. The largest absolute Gasteiger partial charge is 0.462 e. The Morgan fingerprint density at radius 1 is 1.29 bits per heavy atom. The molecule has 4 nitrogen and oxygen atoms in total. The predicted octanol–water partition coefficient (Wildman–Crippen LogP) is 2.42. The van der Waals surface area contributed by atoms with Crippen molar-refractivity contribution in [1.29, 1.82) is 0 Å². The molecule has 0 aliphatic carbocycles. The van der Waals surface area contributed by atoms with Crippen LogP contribution in [0.2, 0.25) is 0 Å². The van der Waals surface area contributed by atoms with Crippen LogP contribution < -0.4 is 0 Å². The van der Waals surface area contributed by atoms with E-state index in [4.69, 9.17) is 4.74 Å². The molecule has 0 radical (unpaired) electrons. The summed E-state index contributed by atoms with van der Waals surface area (Å²) in [5, 5.41) is 0.703. The summed E-state index contributed by atoms with van der Waals surface area (Å²) in [5.74, 6) is 0.673. The van der Waals surface area contributed by atoms with Crippen molar-refractivity contribution >= 4 is 33.5 Å². The minimum absolute atomic E-state index is 0.149. The second kappa shape index (κ2) is 8.69. The van der Waals surface area contributed by atoms with Crippen LogP contribution in [0.1, 0.15) is 32.6 Å². The molecule has 6 heteroatoms. The Bertz CT molecular complexity index is 252. The summed E-state index contributed by atoms with van der Waals surface area (Å²) in [7, 11) is 3.84. The highest BCUT2D eigenvalue weighted by atomic mass is 33.1. The summed E-state index contributed by atoms with van der Waals surface area (Å²) in [4.78, 5) is 21.7. The minimum atomic E-state index is -0.350. The summed E-state index contributed by atoms with van der Waals surface area (Å²) < 4.78 is 9.58. The molecule has 1 atom stereocenters. The molecule has 1 saturated heterocycles. The van der Waals surface area contributed by atoms with Gasteiger partial charge in [-0.05, 0) is 19.3 Å². The van der Waals surface area contributed by atoms with E-state index < -0.39 is 0 Å². The van der Waals surface area contributed by atoms with E-state index in [9.17, 15) is 9.59 Å². The Morgan fingerprint density at radius 2 is 2.06 bits per heavy atom. The Kier molecular flexibility index (Phi) is 7.51. The second-order valence-electron chi connectivity index (χ2n) is 3.78. The number of ether oxygens (including phenoxy) is 2. The second-order valence-corrected chi connectivity index (χ2v) is 6.57. The zero-order chi connectivity index (χ0) is 12.5. The lowest BCUT2D eigenvalue weighted by Crippen LogP contribution is -2.12. The average Bonchev–Trinajstić information content (AvgIpc) is 2.77. The number of hydrogen-bond donors (Lipinski definition) is 0. The predicted molar refractivity (Wildman–Crippen MR) is 69.9 cm³/mol. The minimum Gasteiger partial charge on any atom is -0.462 e. The van der Waals surface area contributed by atoms with E-state index in [0.717, 1.165) is 12.8 Å².